The Kier molecular flexibility index (Phi) is 91.0. The van der Waals surface area contributed by atoms with Gasteiger partial charge in [0, 0.05) is 0 Å². The van der Waals surface area contributed by atoms with Crippen molar-refractivity contribution in [2.24, 2.45) is 0 Å². The molecule has 0 heterocycles. The van der Waals surface area contributed by atoms with Crippen molar-refractivity contribution in [3.05, 3.63) is 22.9 Å². The van der Waals surface area contributed by atoms with Crippen LogP contribution in [0.3, 0.4) is 0 Å². The van der Waals surface area contributed by atoms with Crippen molar-refractivity contribution in [1.29, 1.82) is 0 Å². The topological polar surface area (TPSA) is 155 Å². The second-order valence-electron chi connectivity index (χ2n) is 1.75. The van der Waals surface area contributed by atoms with Gasteiger partial charge in [-0.3, -0.25) is 0 Å². The fourth-order valence-electron chi connectivity index (χ4n) is 0.177. The number of rotatable bonds is 4. The summed E-state index contributed by atoms with van der Waals surface area (Å²) in [6.07, 6.45) is 1.44. The molecule has 0 aliphatic heterocycles. The van der Waals surface area contributed by atoms with Crippen LogP contribution in [0.5, 0.6) is 0 Å². The zero-order valence-corrected chi connectivity index (χ0v) is 12.0. The Morgan fingerprint density at radius 3 is 0.800 bits per heavy atom. The molecular formula is C6H18Cl2N4O2Pt-6. The minimum Gasteiger partial charge on any atom is -0.870 e. The molecule has 0 spiro atoms. The summed E-state index contributed by atoms with van der Waals surface area (Å²) >= 11 is -0.472. The van der Waals surface area contributed by atoms with Crippen LogP contribution in [0.4, 0.5) is 0 Å². The predicted octanol–water partition coefficient (Wildman–Crippen LogP) is 3.98. The molecule has 0 amide bonds. The van der Waals surface area contributed by atoms with Gasteiger partial charge in [-0.2, -0.15) is 26.2 Å². The van der Waals surface area contributed by atoms with Crippen molar-refractivity contribution >= 4 is 18.8 Å². The molecular weight excluding hydrogens is 426 g/mol. The molecule has 15 heavy (non-hydrogen) atoms. The van der Waals surface area contributed by atoms with Crippen molar-refractivity contribution in [3.63, 3.8) is 0 Å². The van der Waals surface area contributed by atoms with Gasteiger partial charge in [0.15, 0.2) is 0 Å². The van der Waals surface area contributed by atoms with Gasteiger partial charge < -0.3 is 33.9 Å². The average molecular weight is 444 g/mol. The Hall–Kier alpha value is 1.03. The maximum Gasteiger partial charge on any atom is -0.0916 e. The normalized spacial score (nSPS) is 7.07. The smallest absolute Gasteiger partial charge is 0.0916 e. The van der Waals surface area contributed by atoms with Gasteiger partial charge in [-0.25, -0.2) is 0 Å². The molecule has 6 nitrogen and oxygen atoms in total. The SMILES string of the molecule is [Cl][Pt][Cl].[NH-]CCC[NH-].[NH-]CCC[NH-].[OH-].[OH-]. The van der Waals surface area contributed by atoms with E-state index in [4.69, 9.17) is 41.8 Å². The number of nitrogens with one attached hydrogen (secondary N) is 4. The summed E-state index contributed by atoms with van der Waals surface area (Å²) in [7, 11) is 9.75. The molecule has 0 aliphatic rings. The van der Waals surface area contributed by atoms with E-state index in [1.54, 1.807) is 0 Å². The van der Waals surface area contributed by atoms with Crippen molar-refractivity contribution in [2.45, 2.75) is 12.8 Å². The van der Waals surface area contributed by atoms with Gasteiger partial charge in [-0.1, -0.05) is 12.8 Å². The average Bonchev–Trinajstić information content (AvgIpc) is 2.09. The van der Waals surface area contributed by atoms with Gasteiger partial charge >= 0.3 is 35.3 Å². The number of hydrogen-bond acceptors (Lipinski definition) is 2. The summed E-state index contributed by atoms with van der Waals surface area (Å²) < 4.78 is 0. The molecule has 0 fully saturated rings. The maximum atomic E-state index is 6.48. The first-order valence-electron chi connectivity index (χ1n) is 3.65. The Morgan fingerprint density at radius 1 is 0.667 bits per heavy atom. The molecule has 0 radical (unpaired) electrons. The third-order valence-corrected chi connectivity index (χ3v) is 0.707. The first-order chi connectivity index (χ1) is 6.24. The number of hydrogen-bond donors (Lipinski definition) is 0. The summed E-state index contributed by atoms with van der Waals surface area (Å²) in [6, 6.07) is 0. The van der Waals surface area contributed by atoms with E-state index < -0.39 is 16.5 Å². The molecule has 6 N–H and O–H groups in total. The zero-order chi connectivity index (χ0) is 10.9. The van der Waals surface area contributed by atoms with E-state index in [1.165, 1.54) is 0 Å². The molecule has 0 unspecified atom stereocenters. The fraction of sp³-hybridized carbons (Fsp3) is 1.00. The van der Waals surface area contributed by atoms with E-state index in [0.717, 1.165) is 12.8 Å². The molecule has 0 bridgehead atoms. The first-order valence-corrected chi connectivity index (χ1v) is 9.28. The third-order valence-electron chi connectivity index (χ3n) is 0.707. The summed E-state index contributed by atoms with van der Waals surface area (Å²) in [5.74, 6) is 0. The Bertz CT molecular complexity index is 60.4. The second-order valence-corrected chi connectivity index (χ2v) is 5.04. The van der Waals surface area contributed by atoms with Gasteiger partial charge in [0.2, 0.25) is 0 Å². The summed E-state index contributed by atoms with van der Waals surface area (Å²) in [5, 5.41) is 0. The molecule has 0 atom stereocenters. The van der Waals surface area contributed by atoms with E-state index in [9.17, 15) is 0 Å². The van der Waals surface area contributed by atoms with E-state index >= 15 is 0 Å². The maximum absolute atomic E-state index is 6.48. The van der Waals surface area contributed by atoms with Crippen molar-refractivity contribution in [3.8, 4) is 0 Å². The van der Waals surface area contributed by atoms with Crippen LogP contribution in [-0.2, 0) is 16.5 Å². The summed E-state index contributed by atoms with van der Waals surface area (Å²) in [4.78, 5) is 0. The Labute approximate surface area is 108 Å². The number of halogens is 2. The standard InChI is InChI=1S/2C3H8N2.2ClH.2H2O.Pt/c2*4-2-1-3-5;;;;;/h2*4-5H,1-3H2;2*1H;2*1H2;/q2*-2;;;;;+2/p-4. The van der Waals surface area contributed by atoms with Crippen LogP contribution < -0.4 is 0 Å². The molecule has 9 heteroatoms. The van der Waals surface area contributed by atoms with Crippen LogP contribution in [0.25, 0.3) is 22.9 Å². The molecule has 0 aromatic rings. The molecule has 0 aliphatic carbocycles. The molecule has 0 rings (SSSR count). The van der Waals surface area contributed by atoms with Crippen LogP contribution in [0.15, 0.2) is 0 Å². The van der Waals surface area contributed by atoms with Crippen LogP contribution >= 0.6 is 18.8 Å². The summed E-state index contributed by atoms with van der Waals surface area (Å²) in [6.45, 7) is 1.62. The van der Waals surface area contributed by atoms with Crippen LogP contribution in [0, 0.1) is 0 Å². The van der Waals surface area contributed by atoms with Gasteiger partial charge in [0.1, 0.15) is 0 Å². The van der Waals surface area contributed by atoms with Crippen LogP contribution in [0.2, 0.25) is 0 Å². The predicted molar refractivity (Wildman–Crippen MR) is 61.6 cm³/mol. The quantitative estimate of drug-likeness (QED) is 0.643. The third kappa shape index (κ3) is 101. The zero-order valence-electron chi connectivity index (χ0n) is 8.21. The fourth-order valence-corrected chi connectivity index (χ4v) is 0.177. The van der Waals surface area contributed by atoms with E-state index in [0.29, 0.717) is 26.2 Å². The molecule has 0 aromatic heterocycles. The van der Waals surface area contributed by atoms with Gasteiger partial charge in [-0.15, -0.1) is 0 Å². The minimum absolute atomic E-state index is 0. The van der Waals surface area contributed by atoms with E-state index in [-0.39, 0.29) is 11.0 Å². The van der Waals surface area contributed by atoms with Crippen molar-refractivity contribution in [2.75, 3.05) is 26.2 Å². The molecule has 0 aromatic carbocycles. The Balaban J connectivity index is -0.0000000322. The first kappa shape index (κ1) is 29.8. The largest absolute Gasteiger partial charge is 0.870 e. The summed E-state index contributed by atoms with van der Waals surface area (Å²) in [5.41, 5.74) is 25.9. The van der Waals surface area contributed by atoms with Crippen molar-refractivity contribution in [1.82, 2.24) is 0 Å². The molecule has 0 saturated carbocycles. The molecule has 104 valence electrons. The second kappa shape index (κ2) is 45.9. The van der Waals surface area contributed by atoms with Gasteiger partial charge in [0.25, 0.3) is 0 Å². The van der Waals surface area contributed by atoms with Gasteiger partial charge in [0.05, 0.1) is 0 Å². The minimum atomic E-state index is -0.472. The van der Waals surface area contributed by atoms with Crippen molar-refractivity contribution < 1.29 is 27.4 Å². The van der Waals surface area contributed by atoms with Crippen LogP contribution in [0.1, 0.15) is 12.8 Å². The molecule has 0 saturated heterocycles. The van der Waals surface area contributed by atoms with Crippen LogP contribution in [-0.4, -0.2) is 37.1 Å². The van der Waals surface area contributed by atoms with E-state index in [1.807, 2.05) is 0 Å². The monoisotopic (exact) mass is 443 g/mol. The Morgan fingerprint density at radius 2 is 0.800 bits per heavy atom. The van der Waals surface area contributed by atoms with E-state index in [2.05, 4.69) is 0 Å². The van der Waals surface area contributed by atoms with Gasteiger partial charge in [-0.05, 0) is 0 Å².